The number of hydrogen-bond acceptors (Lipinski definition) is 4. The largest absolute Gasteiger partial charge is 0.493 e. The van der Waals surface area contributed by atoms with Crippen LogP contribution in [-0.4, -0.2) is 55.7 Å². The molecule has 4 nitrogen and oxygen atoms in total. The molecule has 3 aliphatic rings. The summed E-state index contributed by atoms with van der Waals surface area (Å²) in [5.41, 5.74) is 1.32. The lowest BCUT2D eigenvalue weighted by Crippen LogP contribution is -2.44. The maximum Gasteiger partial charge on any atom is 0.161 e. The topological polar surface area (TPSA) is 24.9 Å². The van der Waals surface area contributed by atoms with Gasteiger partial charge in [0.25, 0.3) is 0 Å². The number of benzene rings is 1. The lowest BCUT2D eigenvalue weighted by Gasteiger charge is -2.35. The van der Waals surface area contributed by atoms with Crippen molar-refractivity contribution in [2.75, 3.05) is 39.9 Å². The average molecular weight is 332 g/mol. The summed E-state index contributed by atoms with van der Waals surface area (Å²) in [6.07, 6.45) is 4.03. The summed E-state index contributed by atoms with van der Waals surface area (Å²) < 4.78 is 11.1. The first kappa shape index (κ1) is 17.6. The highest BCUT2D eigenvalue weighted by atomic mass is 16.5. The zero-order valence-corrected chi connectivity index (χ0v) is 15.5. The second-order valence-corrected chi connectivity index (χ2v) is 7.20. The maximum atomic E-state index is 5.73. The van der Waals surface area contributed by atoms with Crippen molar-refractivity contribution >= 4 is 0 Å². The Kier molecular flexibility index (Phi) is 6.01. The van der Waals surface area contributed by atoms with E-state index in [4.69, 9.17) is 9.47 Å². The molecule has 4 heteroatoms. The predicted molar refractivity (Wildman–Crippen MR) is 97.8 cm³/mol. The molecule has 0 N–H and O–H groups in total. The van der Waals surface area contributed by atoms with Crippen molar-refractivity contribution in [3.8, 4) is 11.5 Å². The molecular formula is C20H32N2O2. The van der Waals surface area contributed by atoms with Gasteiger partial charge in [0, 0.05) is 32.2 Å². The van der Waals surface area contributed by atoms with Gasteiger partial charge in [-0.1, -0.05) is 13.0 Å². The lowest BCUT2D eigenvalue weighted by molar-refractivity contribution is 0.131. The smallest absolute Gasteiger partial charge is 0.161 e. The number of nitrogens with zero attached hydrogens (tertiary/aromatic N) is 2. The third-order valence-electron chi connectivity index (χ3n) is 5.35. The Morgan fingerprint density at radius 3 is 2.71 bits per heavy atom. The van der Waals surface area contributed by atoms with Crippen LogP contribution < -0.4 is 9.47 Å². The van der Waals surface area contributed by atoms with E-state index < -0.39 is 0 Å². The monoisotopic (exact) mass is 332 g/mol. The van der Waals surface area contributed by atoms with Gasteiger partial charge in [-0.3, -0.25) is 9.80 Å². The minimum absolute atomic E-state index is 0.666. The van der Waals surface area contributed by atoms with Gasteiger partial charge in [0.05, 0.1) is 13.7 Å². The van der Waals surface area contributed by atoms with Gasteiger partial charge >= 0.3 is 0 Å². The van der Waals surface area contributed by atoms with Crippen LogP contribution in [0.15, 0.2) is 18.2 Å². The van der Waals surface area contributed by atoms with Crippen molar-refractivity contribution < 1.29 is 9.47 Å². The lowest BCUT2D eigenvalue weighted by atomic mass is 9.95. The molecule has 3 saturated heterocycles. The molecule has 2 bridgehead atoms. The van der Waals surface area contributed by atoms with Crippen LogP contribution in [0.2, 0.25) is 0 Å². The van der Waals surface area contributed by atoms with Gasteiger partial charge in [-0.05, 0) is 56.3 Å². The van der Waals surface area contributed by atoms with Gasteiger partial charge in [0.15, 0.2) is 11.5 Å². The summed E-state index contributed by atoms with van der Waals surface area (Å²) in [7, 11) is 1.70. The number of piperidine rings is 1. The van der Waals surface area contributed by atoms with E-state index in [2.05, 4.69) is 28.9 Å². The SMILES string of the molecule is CCCN1C[C@H]2CC[C@@H]1CN(Cc1ccc(OC)c(OCC)c1)C2. The van der Waals surface area contributed by atoms with E-state index in [1.807, 2.05) is 13.0 Å². The minimum Gasteiger partial charge on any atom is -0.493 e. The van der Waals surface area contributed by atoms with E-state index in [0.717, 1.165) is 30.0 Å². The number of fused-ring (bicyclic) bond motifs is 4. The van der Waals surface area contributed by atoms with Crippen molar-refractivity contribution in [2.45, 2.75) is 45.7 Å². The Hall–Kier alpha value is -1.26. The maximum absolute atomic E-state index is 5.73. The molecular weight excluding hydrogens is 300 g/mol. The van der Waals surface area contributed by atoms with Gasteiger partial charge in [-0.15, -0.1) is 0 Å². The standard InChI is InChI=1S/C20H32N2O2/c1-4-10-22-14-17-6-8-18(22)15-21(13-17)12-16-7-9-19(23-3)20(11-16)24-5-2/h7,9,11,17-18H,4-6,8,10,12-15H2,1-3H3/t17-,18+/m0/s1. The van der Waals surface area contributed by atoms with Crippen LogP contribution in [0.4, 0.5) is 0 Å². The molecule has 0 amide bonds. The summed E-state index contributed by atoms with van der Waals surface area (Å²) in [4.78, 5) is 5.38. The van der Waals surface area contributed by atoms with E-state index in [-0.39, 0.29) is 0 Å². The predicted octanol–water partition coefficient (Wildman–Crippen LogP) is 3.40. The number of rotatable bonds is 7. The molecule has 0 aromatic heterocycles. The molecule has 3 fully saturated rings. The van der Waals surface area contributed by atoms with E-state index in [0.29, 0.717) is 6.61 Å². The molecule has 0 unspecified atom stereocenters. The van der Waals surface area contributed by atoms with E-state index in [9.17, 15) is 0 Å². The average Bonchev–Trinajstić information content (AvgIpc) is 2.86. The Labute approximate surface area is 146 Å². The van der Waals surface area contributed by atoms with Gasteiger partial charge < -0.3 is 9.47 Å². The molecule has 0 radical (unpaired) electrons. The fourth-order valence-electron chi connectivity index (χ4n) is 4.31. The number of ether oxygens (including phenoxy) is 2. The van der Waals surface area contributed by atoms with E-state index in [1.165, 1.54) is 51.0 Å². The molecule has 1 aromatic rings. The highest BCUT2D eigenvalue weighted by Crippen LogP contribution is 2.31. The molecule has 3 aliphatic heterocycles. The summed E-state index contributed by atoms with van der Waals surface area (Å²) in [6.45, 7) is 11.0. The number of methoxy groups -OCH3 is 1. The molecule has 3 heterocycles. The van der Waals surface area contributed by atoms with Crippen molar-refractivity contribution in [2.24, 2.45) is 5.92 Å². The molecule has 2 atom stereocenters. The minimum atomic E-state index is 0.666. The fraction of sp³-hybridized carbons (Fsp3) is 0.700. The summed E-state index contributed by atoms with van der Waals surface area (Å²) >= 11 is 0. The molecule has 1 aromatic carbocycles. The van der Waals surface area contributed by atoms with Crippen LogP contribution in [0.3, 0.4) is 0 Å². The highest BCUT2D eigenvalue weighted by molar-refractivity contribution is 5.43. The quantitative estimate of drug-likeness (QED) is 0.764. The van der Waals surface area contributed by atoms with E-state index >= 15 is 0 Å². The van der Waals surface area contributed by atoms with Crippen molar-refractivity contribution in [1.82, 2.24) is 9.80 Å². The summed E-state index contributed by atoms with van der Waals surface area (Å²) in [6, 6.07) is 7.11. The normalized spacial score (nSPS) is 24.8. The van der Waals surface area contributed by atoms with Gasteiger partial charge in [-0.25, -0.2) is 0 Å². The zero-order valence-electron chi connectivity index (χ0n) is 15.5. The third kappa shape index (κ3) is 4.04. The summed E-state index contributed by atoms with van der Waals surface area (Å²) in [5, 5.41) is 0. The van der Waals surface area contributed by atoms with Crippen LogP contribution in [0.5, 0.6) is 11.5 Å². The Morgan fingerprint density at radius 1 is 1.08 bits per heavy atom. The first-order valence-electron chi connectivity index (χ1n) is 9.49. The Bertz CT molecular complexity index is 534. The molecule has 134 valence electrons. The molecule has 0 spiro atoms. The Balaban J connectivity index is 1.69. The zero-order chi connectivity index (χ0) is 16.9. The number of hydrogen-bond donors (Lipinski definition) is 0. The Morgan fingerprint density at radius 2 is 1.96 bits per heavy atom. The van der Waals surface area contributed by atoms with Crippen LogP contribution in [0.1, 0.15) is 38.7 Å². The van der Waals surface area contributed by atoms with E-state index in [1.54, 1.807) is 7.11 Å². The fourth-order valence-corrected chi connectivity index (χ4v) is 4.31. The second-order valence-electron chi connectivity index (χ2n) is 7.20. The molecule has 24 heavy (non-hydrogen) atoms. The van der Waals surface area contributed by atoms with Gasteiger partial charge in [0.1, 0.15) is 0 Å². The van der Waals surface area contributed by atoms with Crippen LogP contribution in [0.25, 0.3) is 0 Å². The first-order valence-corrected chi connectivity index (χ1v) is 9.49. The van der Waals surface area contributed by atoms with Gasteiger partial charge in [-0.2, -0.15) is 0 Å². The van der Waals surface area contributed by atoms with Crippen molar-refractivity contribution in [3.63, 3.8) is 0 Å². The second kappa shape index (κ2) is 8.21. The molecule has 0 saturated carbocycles. The first-order chi connectivity index (χ1) is 11.7. The van der Waals surface area contributed by atoms with Gasteiger partial charge in [0.2, 0.25) is 0 Å². The summed E-state index contributed by atoms with van der Waals surface area (Å²) in [5.74, 6) is 2.52. The van der Waals surface area contributed by atoms with Crippen LogP contribution in [0, 0.1) is 5.92 Å². The third-order valence-corrected chi connectivity index (χ3v) is 5.35. The van der Waals surface area contributed by atoms with Crippen LogP contribution in [-0.2, 0) is 6.54 Å². The molecule has 0 aliphatic carbocycles. The molecule has 4 rings (SSSR count). The van der Waals surface area contributed by atoms with Crippen molar-refractivity contribution in [3.05, 3.63) is 23.8 Å². The highest BCUT2D eigenvalue weighted by Gasteiger charge is 2.34. The van der Waals surface area contributed by atoms with Crippen molar-refractivity contribution in [1.29, 1.82) is 0 Å². The van der Waals surface area contributed by atoms with Crippen LogP contribution >= 0.6 is 0 Å².